The molecule has 0 aliphatic carbocycles. The van der Waals surface area contributed by atoms with Gasteiger partial charge in [0.25, 0.3) is 0 Å². The maximum atomic E-state index is 12.1. The Hall–Kier alpha value is -2.43. The fraction of sp³-hybridized carbons (Fsp3) is 0.214. The van der Waals surface area contributed by atoms with Crippen molar-refractivity contribution >= 4 is 22.7 Å². The summed E-state index contributed by atoms with van der Waals surface area (Å²) in [7, 11) is 1.28. The van der Waals surface area contributed by atoms with Gasteiger partial charge in [-0.1, -0.05) is 0 Å². The van der Waals surface area contributed by atoms with Crippen LogP contribution in [0.1, 0.15) is 23.2 Å². The van der Waals surface area contributed by atoms with Crippen molar-refractivity contribution in [3.63, 3.8) is 0 Å². The third-order valence-corrected chi connectivity index (χ3v) is 2.81. The van der Waals surface area contributed by atoms with Crippen molar-refractivity contribution < 1.29 is 19.4 Å². The van der Waals surface area contributed by atoms with Gasteiger partial charge < -0.3 is 9.84 Å². The van der Waals surface area contributed by atoms with Gasteiger partial charge in [0.1, 0.15) is 5.75 Å². The smallest absolute Gasteiger partial charge is 0.305 e. The molecule has 0 aliphatic rings. The Morgan fingerprint density at radius 1 is 1.26 bits per heavy atom. The van der Waals surface area contributed by atoms with Crippen LogP contribution < -0.4 is 0 Å². The maximum absolute atomic E-state index is 12.1. The van der Waals surface area contributed by atoms with E-state index in [1.807, 2.05) is 0 Å². The van der Waals surface area contributed by atoms with Gasteiger partial charge in [0, 0.05) is 23.6 Å². The Bertz CT molecular complexity index is 636. The van der Waals surface area contributed by atoms with Gasteiger partial charge in [0.15, 0.2) is 5.78 Å². The van der Waals surface area contributed by atoms with E-state index in [-0.39, 0.29) is 24.4 Å². The number of methoxy groups -OCH3 is 1. The molecule has 98 valence electrons. The highest BCUT2D eigenvalue weighted by Gasteiger charge is 2.13. The van der Waals surface area contributed by atoms with E-state index in [1.54, 1.807) is 12.1 Å². The fourth-order valence-corrected chi connectivity index (χ4v) is 1.83. The second-order valence-corrected chi connectivity index (χ2v) is 4.06. The first kappa shape index (κ1) is 13.0. The molecule has 0 radical (unpaired) electrons. The number of pyridine rings is 1. The Morgan fingerprint density at radius 2 is 2.05 bits per heavy atom. The molecular weight excluding hydrogens is 246 g/mol. The Kier molecular flexibility index (Phi) is 3.75. The number of phenols is 1. The lowest BCUT2D eigenvalue weighted by Gasteiger charge is -2.05. The molecule has 2 rings (SSSR count). The van der Waals surface area contributed by atoms with E-state index in [4.69, 9.17) is 0 Å². The number of ether oxygens (including phenoxy) is 1. The number of hydrogen-bond acceptors (Lipinski definition) is 5. The highest BCUT2D eigenvalue weighted by atomic mass is 16.5. The molecule has 5 nitrogen and oxygen atoms in total. The van der Waals surface area contributed by atoms with E-state index >= 15 is 0 Å². The van der Waals surface area contributed by atoms with Crippen molar-refractivity contribution in [1.82, 2.24) is 4.98 Å². The molecule has 1 aromatic heterocycles. The number of hydrogen-bond donors (Lipinski definition) is 1. The summed E-state index contributed by atoms with van der Waals surface area (Å²) in [5, 5.41) is 10.1. The van der Waals surface area contributed by atoms with Gasteiger partial charge in [0.05, 0.1) is 19.0 Å². The molecule has 19 heavy (non-hydrogen) atoms. The second kappa shape index (κ2) is 5.48. The molecule has 0 aliphatic heterocycles. The van der Waals surface area contributed by atoms with Crippen LogP contribution in [0, 0.1) is 0 Å². The molecule has 0 saturated heterocycles. The van der Waals surface area contributed by atoms with Gasteiger partial charge in [-0.2, -0.15) is 0 Å². The molecule has 0 bridgehead atoms. The largest absolute Gasteiger partial charge is 0.508 e. The highest BCUT2D eigenvalue weighted by Crippen LogP contribution is 2.23. The Labute approximate surface area is 109 Å². The van der Waals surface area contributed by atoms with Crippen LogP contribution in [-0.2, 0) is 9.53 Å². The molecule has 1 aromatic carbocycles. The lowest BCUT2D eigenvalue weighted by molar-refractivity contribution is -0.140. The number of rotatable bonds is 4. The van der Waals surface area contributed by atoms with Crippen molar-refractivity contribution in [2.24, 2.45) is 0 Å². The molecular formula is C14H13NO4. The molecule has 2 aromatic rings. The van der Waals surface area contributed by atoms with E-state index in [9.17, 15) is 14.7 Å². The topological polar surface area (TPSA) is 76.5 Å². The van der Waals surface area contributed by atoms with Crippen LogP contribution in [0.4, 0.5) is 0 Å². The minimum Gasteiger partial charge on any atom is -0.508 e. The average Bonchev–Trinajstić information content (AvgIpc) is 2.43. The molecule has 0 spiro atoms. The maximum Gasteiger partial charge on any atom is 0.305 e. The summed E-state index contributed by atoms with van der Waals surface area (Å²) in [6, 6.07) is 6.23. The number of Topliss-reactive ketones (excluding diaryl/α,β-unsaturated/α-hetero) is 1. The van der Waals surface area contributed by atoms with Crippen LogP contribution in [0.15, 0.2) is 30.5 Å². The Balaban J connectivity index is 2.31. The normalized spacial score (nSPS) is 10.4. The average molecular weight is 259 g/mol. The molecule has 0 saturated carbocycles. The van der Waals surface area contributed by atoms with E-state index in [1.165, 1.54) is 25.4 Å². The molecule has 0 unspecified atom stereocenters. The number of carbonyl (C=O) groups is 2. The molecule has 0 amide bonds. The van der Waals surface area contributed by atoms with Crippen LogP contribution in [0.3, 0.4) is 0 Å². The molecule has 1 heterocycles. The zero-order valence-electron chi connectivity index (χ0n) is 10.4. The summed E-state index contributed by atoms with van der Waals surface area (Å²) in [5.41, 5.74) is 1.08. The zero-order chi connectivity index (χ0) is 13.8. The number of benzene rings is 1. The monoisotopic (exact) mass is 259 g/mol. The van der Waals surface area contributed by atoms with Gasteiger partial charge in [-0.3, -0.25) is 14.6 Å². The predicted octanol–water partition coefficient (Wildman–Crippen LogP) is 2.08. The summed E-state index contributed by atoms with van der Waals surface area (Å²) in [6.07, 6.45) is 1.64. The fourth-order valence-electron chi connectivity index (χ4n) is 1.83. The van der Waals surface area contributed by atoms with Crippen LogP contribution in [0.2, 0.25) is 0 Å². The van der Waals surface area contributed by atoms with Crippen LogP contribution in [0.25, 0.3) is 10.9 Å². The van der Waals surface area contributed by atoms with Crippen molar-refractivity contribution in [3.8, 4) is 5.75 Å². The number of esters is 1. The predicted molar refractivity (Wildman–Crippen MR) is 69.0 cm³/mol. The third kappa shape index (κ3) is 2.88. The molecule has 0 fully saturated rings. The van der Waals surface area contributed by atoms with E-state index < -0.39 is 5.97 Å². The third-order valence-electron chi connectivity index (χ3n) is 2.81. The van der Waals surface area contributed by atoms with E-state index in [2.05, 4.69) is 9.72 Å². The number of fused-ring (bicyclic) bond motifs is 1. The van der Waals surface area contributed by atoms with Crippen LogP contribution in [-0.4, -0.2) is 29.0 Å². The van der Waals surface area contributed by atoms with Gasteiger partial charge in [-0.05, 0) is 24.3 Å². The minimum atomic E-state index is -0.422. The first-order valence-electron chi connectivity index (χ1n) is 5.79. The van der Waals surface area contributed by atoms with E-state index in [0.717, 1.165) is 0 Å². The number of aromatic nitrogens is 1. The van der Waals surface area contributed by atoms with Crippen LogP contribution >= 0.6 is 0 Å². The summed E-state index contributed by atoms with van der Waals surface area (Å²) in [5.74, 6) is -0.527. The highest BCUT2D eigenvalue weighted by molar-refractivity contribution is 6.08. The summed E-state index contributed by atoms with van der Waals surface area (Å²) in [4.78, 5) is 27.2. The Morgan fingerprint density at radius 3 is 2.79 bits per heavy atom. The second-order valence-electron chi connectivity index (χ2n) is 4.06. The molecule has 5 heteroatoms. The molecule has 0 atom stereocenters. The van der Waals surface area contributed by atoms with Crippen molar-refractivity contribution in [2.45, 2.75) is 12.8 Å². The zero-order valence-corrected chi connectivity index (χ0v) is 10.4. The summed E-state index contributed by atoms with van der Waals surface area (Å²) < 4.78 is 4.50. The number of nitrogens with zero attached hydrogens (tertiary/aromatic N) is 1. The van der Waals surface area contributed by atoms with Crippen LogP contribution in [0.5, 0.6) is 5.75 Å². The number of ketones is 1. The lowest BCUT2D eigenvalue weighted by atomic mass is 10.0. The standard InChI is InChI=1S/C14H13NO4/c1-19-14(18)5-4-13(17)10-6-7-15-12-3-2-9(16)8-11(10)12/h2-3,6-8,16H,4-5H2,1H3. The first-order chi connectivity index (χ1) is 9.11. The van der Waals surface area contributed by atoms with Gasteiger partial charge in [0.2, 0.25) is 0 Å². The summed E-state index contributed by atoms with van der Waals surface area (Å²) in [6.45, 7) is 0. The summed E-state index contributed by atoms with van der Waals surface area (Å²) >= 11 is 0. The van der Waals surface area contributed by atoms with Gasteiger partial charge in [-0.15, -0.1) is 0 Å². The van der Waals surface area contributed by atoms with Crippen molar-refractivity contribution in [3.05, 3.63) is 36.0 Å². The van der Waals surface area contributed by atoms with E-state index in [0.29, 0.717) is 16.5 Å². The number of carbonyl (C=O) groups excluding carboxylic acids is 2. The molecule has 1 N–H and O–H groups in total. The minimum absolute atomic E-state index is 0.0396. The lowest BCUT2D eigenvalue weighted by Crippen LogP contribution is -2.06. The SMILES string of the molecule is COC(=O)CCC(=O)c1ccnc2ccc(O)cc12. The van der Waals surface area contributed by atoms with Crippen molar-refractivity contribution in [1.29, 1.82) is 0 Å². The van der Waals surface area contributed by atoms with Gasteiger partial charge >= 0.3 is 5.97 Å². The van der Waals surface area contributed by atoms with Gasteiger partial charge in [-0.25, -0.2) is 0 Å². The quantitative estimate of drug-likeness (QED) is 0.672. The first-order valence-corrected chi connectivity index (χ1v) is 5.79. The number of aromatic hydroxyl groups is 1. The number of phenolic OH excluding ortho intramolecular Hbond substituents is 1. The van der Waals surface area contributed by atoms with Crippen molar-refractivity contribution in [2.75, 3.05) is 7.11 Å².